The van der Waals surface area contributed by atoms with Gasteiger partial charge in [-0.1, -0.05) is 24.3 Å². The van der Waals surface area contributed by atoms with Crippen molar-refractivity contribution in [3.63, 3.8) is 0 Å². The minimum atomic E-state index is -1.39. The SMILES string of the molecule is NC1(c2ccc(B(O)O)cc2)CCC1. The maximum Gasteiger partial charge on any atom is 0.488 e. The predicted molar refractivity (Wildman–Crippen MR) is 56.0 cm³/mol. The second-order valence-corrected chi connectivity index (χ2v) is 4.01. The molecule has 0 unspecified atom stereocenters. The van der Waals surface area contributed by atoms with Crippen molar-refractivity contribution in [3.05, 3.63) is 29.8 Å². The summed E-state index contributed by atoms with van der Waals surface area (Å²) in [6.07, 6.45) is 3.23. The number of hydrogen-bond donors (Lipinski definition) is 3. The molecule has 1 fully saturated rings. The Morgan fingerprint density at radius 2 is 1.71 bits per heavy atom. The molecule has 0 atom stereocenters. The lowest BCUT2D eigenvalue weighted by molar-refractivity contribution is 0.253. The molecule has 4 N–H and O–H groups in total. The lowest BCUT2D eigenvalue weighted by Gasteiger charge is -2.38. The molecule has 2 rings (SSSR count). The molecule has 0 spiro atoms. The quantitative estimate of drug-likeness (QED) is 0.562. The maximum atomic E-state index is 8.91. The van der Waals surface area contributed by atoms with Gasteiger partial charge in [-0.15, -0.1) is 0 Å². The highest BCUT2D eigenvalue weighted by atomic mass is 16.4. The van der Waals surface area contributed by atoms with E-state index in [0.29, 0.717) is 5.46 Å². The number of nitrogens with two attached hydrogens (primary N) is 1. The molecule has 14 heavy (non-hydrogen) atoms. The summed E-state index contributed by atoms with van der Waals surface area (Å²) in [4.78, 5) is 0. The van der Waals surface area contributed by atoms with E-state index in [4.69, 9.17) is 15.8 Å². The first kappa shape index (κ1) is 9.71. The van der Waals surface area contributed by atoms with Crippen LogP contribution in [0.1, 0.15) is 24.8 Å². The van der Waals surface area contributed by atoms with Gasteiger partial charge in [-0.25, -0.2) is 0 Å². The van der Waals surface area contributed by atoms with Gasteiger partial charge in [0, 0.05) is 5.54 Å². The molecule has 0 amide bonds. The van der Waals surface area contributed by atoms with Gasteiger partial charge in [-0.2, -0.15) is 0 Å². The van der Waals surface area contributed by atoms with E-state index in [1.54, 1.807) is 12.1 Å². The summed E-state index contributed by atoms with van der Waals surface area (Å²) in [5, 5.41) is 17.8. The third kappa shape index (κ3) is 1.56. The highest BCUT2D eigenvalue weighted by Gasteiger charge is 2.34. The van der Waals surface area contributed by atoms with Crippen molar-refractivity contribution in [2.45, 2.75) is 24.8 Å². The number of hydrogen-bond acceptors (Lipinski definition) is 3. The van der Waals surface area contributed by atoms with Crippen LogP contribution in [0.4, 0.5) is 0 Å². The lowest BCUT2D eigenvalue weighted by atomic mass is 9.71. The minimum absolute atomic E-state index is 0.168. The van der Waals surface area contributed by atoms with Gasteiger partial charge < -0.3 is 15.8 Å². The molecule has 3 nitrogen and oxygen atoms in total. The van der Waals surface area contributed by atoms with Crippen molar-refractivity contribution in [1.29, 1.82) is 0 Å². The molecule has 4 heteroatoms. The Morgan fingerprint density at radius 1 is 1.14 bits per heavy atom. The summed E-state index contributed by atoms with van der Waals surface area (Å²) in [7, 11) is -1.39. The van der Waals surface area contributed by atoms with Crippen molar-refractivity contribution >= 4 is 12.6 Å². The van der Waals surface area contributed by atoms with Crippen molar-refractivity contribution in [2.75, 3.05) is 0 Å². The van der Waals surface area contributed by atoms with Gasteiger partial charge in [0.05, 0.1) is 0 Å². The van der Waals surface area contributed by atoms with E-state index in [2.05, 4.69) is 0 Å². The van der Waals surface area contributed by atoms with Gasteiger partial charge in [0.25, 0.3) is 0 Å². The standard InChI is InChI=1S/C10H14BNO2/c12-10(6-1-7-10)8-2-4-9(5-3-8)11(13)14/h2-5,13-14H,1,6-7,12H2. The van der Waals surface area contributed by atoms with Gasteiger partial charge in [-0.05, 0) is 30.3 Å². The van der Waals surface area contributed by atoms with E-state index in [-0.39, 0.29) is 5.54 Å². The molecule has 1 aromatic carbocycles. The first-order chi connectivity index (χ1) is 6.62. The minimum Gasteiger partial charge on any atom is -0.423 e. The Labute approximate surface area is 83.7 Å². The Bertz CT molecular complexity index is 319. The van der Waals surface area contributed by atoms with Crippen LogP contribution in [-0.4, -0.2) is 17.2 Å². The second kappa shape index (κ2) is 3.39. The maximum absolute atomic E-state index is 8.91. The van der Waals surface area contributed by atoms with Gasteiger partial charge in [-0.3, -0.25) is 0 Å². The monoisotopic (exact) mass is 191 g/mol. The van der Waals surface area contributed by atoms with Crippen LogP contribution in [0, 0.1) is 0 Å². The third-order valence-electron chi connectivity index (χ3n) is 3.03. The van der Waals surface area contributed by atoms with Crippen LogP contribution in [0.25, 0.3) is 0 Å². The molecule has 1 aliphatic carbocycles. The Morgan fingerprint density at radius 3 is 2.07 bits per heavy atom. The van der Waals surface area contributed by atoms with Gasteiger partial charge in [0.1, 0.15) is 0 Å². The fraction of sp³-hybridized carbons (Fsp3) is 0.400. The second-order valence-electron chi connectivity index (χ2n) is 4.01. The van der Waals surface area contributed by atoms with Gasteiger partial charge in [0.15, 0.2) is 0 Å². The van der Waals surface area contributed by atoms with Crippen molar-refractivity contribution in [1.82, 2.24) is 0 Å². The summed E-state index contributed by atoms with van der Waals surface area (Å²) < 4.78 is 0. The normalized spacial score (nSPS) is 18.8. The van der Waals surface area contributed by atoms with Crippen molar-refractivity contribution in [3.8, 4) is 0 Å². The Kier molecular flexibility index (Phi) is 2.35. The van der Waals surface area contributed by atoms with Crippen LogP contribution in [0.15, 0.2) is 24.3 Å². The Hall–Kier alpha value is -0.835. The summed E-state index contributed by atoms with van der Waals surface area (Å²) in [6.45, 7) is 0. The first-order valence-corrected chi connectivity index (χ1v) is 4.87. The van der Waals surface area contributed by atoms with E-state index >= 15 is 0 Å². The number of benzene rings is 1. The molecule has 74 valence electrons. The summed E-state index contributed by atoms with van der Waals surface area (Å²) >= 11 is 0. The highest BCUT2D eigenvalue weighted by Crippen LogP contribution is 2.38. The third-order valence-corrected chi connectivity index (χ3v) is 3.03. The summed E-state index contributed by atoms with van der Waals surface area (Å²) in [6, 6.07) is 7.20. The molecule has 1 aliphatic rings. The van der Waals surface area contributed by atoms with Gasteiger partial charge in [0.2, 0.25) is 0 Å². The highest BCUT2D eigenvalue weighted by molar-refractivity contribution is 6.58. The number of rotatable bonds is 2. The fourth-order valence-corrected chi connectivity index (χ4v) is 1.83. The zero-order valence-electron chi connectivity index (χ0n) is 7.98. The van der Waals surface area contributed by atoms with E-state index < -0.39 is 7.12 Å². The molecule has 0 heterocycles. The van der Waals surface area contributed by atoms with E-state index in [9.17, 15) is 0 Å². The van der Waals surface area contributed by atoms with Crippen LogP contribution >= 0.6 is 0 Å². The van der Waals surface area contributed by atoms with Crippen LogP contribution in [0.2, 0.25) is 0 Å². The molecule has 0 radical (unpaired) electrons. The summed E-state index contributed by atoms with van der Waals surface area (Å²) in [5.41, 5.74) is 7.56. The molecular weight excluding hydrogens is 177 g/mol. The average Bonchev–Trinajstić information content (AvgIpc) is 2.14. The lowest BCUT2D eigenvalue weighted by Crippen LogP contribution is -2.43. The molecule has 1 aromatic rings. The van der Waals surface area contributed by atoms with Crippen LogP contribution in [0.3, 0.4) is 0 Å². The van der Waals surface area contributed by atoms with Gasteiger partial charge >= 0.3 is 7.12 Å². The first-order valence-electron chi connectivity index (χ1n) is 4.87. The van der Waals surface area contributed by atoms with Crippen LogP contribution < -0.4 is 11.2 Å². The Balaban J connectivity index is 2.21. The average molecular weight is 191 g/mol. The predicted octanol–water partition coefficient (Wildman–Crippen LogP) is -0.296. The van der Waals surface area contributed by atoms with E-state index in [1.165, 1.54) is 6.42 Å². The zero-order valence-corrected chi connectivity index (χ0v) is 7.98. The molecule has 0 aromatic heterocycles. The molecule has 1 saturated carbocycles. The largest absolute Gasteiger partial charge is 0.488 e. The molecular formula is C10H14BNO2. The zero-order chi connectivity index (χ0) is 10.2. The van der Waals surface area contributed by atoms with E-state index in [0.717, 1.165) is 18.4 Å². The topological polar surface area (TPSA) is 66.5 Å². The van der Waals surface area contributed by atoms with Crippen LogP contribution in [-0.2, 0) is 5.54 Å². The fourth-order valence-electron chi connectivity index (χ4n) is 1.83. The molecule has 0 aliphatic heterocycles. The van der Waals surface area contributed by atoms with Crippen molar-refractivity contribution in [2.24, 2.45) is 5.73 Å². The van der Waals surface area contributed by atoms with E-state index in [1.807, 2.05) is 12.1 Å². The van der Waals surface area contributed by atoms with Crippen LogP contribution in [0.5, 0.6) is 0 Å². The summed E-state index contributed by atoms with van der Waals surface area (Å²) in [5.74, 6) is 0. The smallest absolute Gasteiger partial charge is 0.423 e. The molecule has 0 bridgehead atoms. The molecule has 0 saturated heterocycles. The van der Waals surface area contributed by atoms with Crippen molar-refractivity contribution < 1.29 is 10.0 Å².